The van der Waals surface area contributed by atoms with Crippen LogP contribution in [-0.4, -0.2) is 53.6 Å². The molecule has 3 rings (SSSR count). The van der Waals surface area contributed by atoms with Gasteiger partial charge in [0.2, 0.25) is 5.95 Å². The van der Waals surface area contributed by atoms with Crippen LogP contribution >= 0.6 is 0 Å². The highest BCUT2D eigenvalue weighted by molar-refractivity contribution is 5.41. The van der Waals surface area contributed by atoms with E-state index in [1.807, 2.05) is 12.3 Å². The van der Waals surface area contributed by atoms with Gasteiger partial charge in [0.15, 0.2) is 0 Å². The van der Waals surface area contributed by atoms with Crippen LogP contribution in [0.25, 0.3) is 0 Å². The molecule has 2 fully saturated rings. The lowest BCUT2D eigenvalue weighted by molar-refractivity contribution is 0.229. The highest BCUT2D eigenvalue weighted by Crippen LogP contribution is 2.23. The second-order valence-corrected chi connectivity index (χ2v) is 5.05. The Kier molecular flexibility index (Phi) is 3.32. The van der Waals surface area contributed by atoms with Crippen molar-refractivity contribution in [3.05, 3.63) is 12.3 Å². The maximum absolute atomic E-state index is 4.59. The molecule has 1 aromatic rings. The number of rotatable bonds is 3. The van der Waals surface area contributed by atoms with Gasteiger partial charge in [0.05, 0.1) is 0 Å². The third-order valence-electron chi connectivity index (χ3n) is 3.87. The molecule has 2 aliphatic rings. The van der Waals surface area contributed by atoms with Gasteiger partial charge < -0.3 is 10.2 Å². The number of aromatic nitrogens is 2. The van der Waals surface area contributed by atoms with Crippen LogP contribution in [0.15, 0.2) is 12.3 Å². The Labute approximate surface area is 108 Å². The average molecular weight is 247 g/mol. The van der Waals surface area contributed by atoms with Gasteiger partial charge in [-0.05, 0) is 32.4 Å². The van der Waals surface area contributed by atoms with Crippen molar-refractivity contribution in [2.24, 2.45) is 0 Å². The van der Waals surface area contributed by atoms with Gasteiger partial charge in [0, 0.05) is 38.4 Å². The van der Waals surface area contributed by atoms with Crippen molar-refractivity contribution in [2.75, 3.05) is 42.9 Å². The van der Waals surface area contributed by atoms with Crippen molar-refractivity contribution in [1.82, 2.24) is 14.9 Å². The van der Waals surface area contributed by atoms with Gasteiger partial charge >= 0.3 is 0 Å². The molecule has 2 saturated heterocycles. The molecule has 0 aliphatic carbocycles. The van der Waals surface area contributed by atoms with Crippen molar-refractivity contribution in [2.45, 2.75) is 25.8 Å². The molecular weight excluding hydrogens is 226 g/mol. The van der Waals surface area contributed by atoms with Crippen LogP contribution in [0.1, 0.15) is 19.8 Å². The third-order valence-corrected chi connectivity index (χ3v) is 3.87. The third kappa shape index (κ3) is 2.27. The molecule has 2 aliphatic heterocycles. The van der Waals surface area contributed by atoms with Crippen LogP contribution in [0.5, 0.6) is 0 Å². The average Bonchev–Trinajstić information content (AvgIpc) is 2.86. The van der Waals surface area contributed by atoms with Crippen molar-refractivity contribution in [3.8, 4) is 0 Å². The molecule has 0 aromatic carbocycles. The molecule has 0 bridgehead atoms. The van der Waals surface area contributed by atoms with Crippen LogP contribution in [-0.2, 0) is 0 Å². The smallest absolute Gasteiger partial charge is 0.227 e. The first-order valence-electron chi connectivity index (χ1n) is 6.92. The summed E-state index contributed by atoms with van der Waals surface area (Å²) in [6, 6.07) is 2.64. The summed E-state index contributed by atoms with van der Waals surface area (Å²) in [5.74, 6) is 1.80. The monoisotopic (exact) mass is 247 g/mol. The molecule has 98 valence electrons. The Morgan fingerprint density at radius 2 is 2.33 bits per heavy atom. The molecule has 3 heterocycles. The molecule has 0 spiro atoms. The van der Waals surface area contributed by atoms with Gasteiger partial charge in [-0.25, -0.2) is 4.98 Å². The molecule has 5 nitrogen and oxygen atoms in total. The minimum atomic E-state index is 0.713. The Morgan fingerprint density at radius 1 is 1.39 bits per heavy atom. The van der Waals surface area contributed by atoms with Crippen LogP contribution in [0.3, 0.4) is 0 Å². The molecule has 5 heteroatoms. The molecule has 0 unspecified atom stereocenters. The van der Waals surface area contributed by atoms with Gasteiger partial charge in [-0.3, -0.25) is 4.90 Å². The molecule has 0 amide bonds. The number of hydrogen-bond donors (Lipinski definition) is 1. The quantitative estimate of drug-likeness (QED) is 0.869. The minimum Gasteiger partial charge on any atom is -0.370 e. The molecule has 1 aromatic heterocycles. The maximum Gasteiger partial charge on any atom is 0.227 e. The number of nitrogens with zero attached hydrogens (tertiary/aromatic N) is 4. The minimum absolute atomic E-state index is 0.713. The van der Waals surface area contributed by atoms with Gasteiger partial charge in [0.1, 0.15) is 5.82 Å². The number of fused-ring (bicyclic) bond motifs is 1. The maximum atomic E-state index is 4.59. The summed E-state index contributed by atoms with van der Waals surface area (Å²) in [7, 11) is 0. The largest absolute Gasteiger partial charge is 0.370 e. The number of hydrogen-bond acceptors (Lipinski definition) is 5. The lowest BCUT2D eigenvalue weighted by atomic mass is 10.2. The standard InChI is InChI=1S/C13H21N5/c1-2-14-12-5-6-15-13(16-12)18-9-8-17-7-3-4-11(17)10-18/h5-6,11H,2-4,7-10H2,1H3,(H,14,15,16)/t11-/m0/s1. The van der Waals surface area contributed by atoms with Crippen LogP contribution < -0.4 is 10.2 Å². The fourth-order valence-electron chi connectivity index (χ4n) is 2.95. The normalized spacial score (nSPS) is 24.1. The summed E-state index contributed by atoms with van der Waals surface area (Å²) in [5.41, 5.74) is 0. The summed E-state index contributed by atoms with van der Waals surface area (Å²) >= 11 is 0. The Hall–Kier alpha value is -1.36. The summed E-state index contributed by atoms with van der Waals surface area (Å²) < 4.78 is 0. The van der Waals surface area contributed by atoms with Crippen molar-refractivity contribution < 1.29 is 0 Å². The molecule has 0 saturated carbocycles. The zero-order chi connectivity index (χ0) is 12.4. The second-order valence-electron chi connectivity index (χ2n) is 5.05. The van der Waals surface area contributed by atoms with E-state index in [0.717, 1.165) is 37.9 Å². The van der Waals surface area contributed by atoms with E-state index >= 15 is 0 Å². The SMILES string of the molecule is CCNc1ccnc(N2CCN3CCC[C@H]3C2)n1. The number of piperazine rings is 1. The predicted molar refractivity (Wildman–Crippen MR) is 73.0 cm³/mol. The second kappa shape index (κ2) is 5.10. The summed E-state index contributed by atoms with van der Waals surface area (Å²) in [6.07, 6.45) is 4.52. The van der Waals surface area contributed by atoms with Crippen LogP contribution in [0, 0.1) is 0 Å². The number of anilines is 2. The van der Waals surface area contributed by atoms with E-state index in [0.29, 0.717) is 6.04 Å². The van der Waals surface area contributed by atoms with E-state index in [1.165, 1.54) is 19.4 Å². The fraction of sp³-hybridized carbons (Fsp3) is 0.692. The Morgan fingerprint density at radius 3 is 3.22 bits per heavy atom. The van der Waals surface area contributed by atoms with Crippen molar-refractivity contribution in [3.63, 3.8) is 0 Å². The number of nitrogens with one attached hydrogen (secondary N) is 1. The molecule has 1 N–H and O–H groups in total. The van der Waals surface area contributed by atoms with E-state index in [1.54, 1.807) is 0 Å². The molecule has 0 radical (unpaired) electrons. The predicted octanol–water partition coefficient (Wildman–Crippen LogP) is 1.19. The van der Waals surface area contributed by atoms with Gasteiger partial charge in [-0.1, -0.05) is 0 Å². The highest BCUT2D eigenvalue weighted by atomic mass is 15.3. The molecule has 18 heavy (non-hydrogen) atoms. The van der Waals surface area contributed by atoms with Crippen molar-refractivity contribution in [1.29, 1.82) is 0 Å². The lowest BCUT2D eigenvalue weighted by Crippen LogP contribution is -2.50. The van der Waals surface area contributed by atoms with Gasteiger partial charge in [-0.15, -0.1) is 0 Å². The Bertz CT molecular complexity index is 408. The van der Waals surface area contributed by atoms with E-state index < -0.39 is 0 Å². The zero-order valence-electron chi connectivity index (χ0n) is 11.0. The summed E-state index contributed by atoms with van der Waals surface area (Å²) in [4.78, 5) is 13.9. The zero-order valence-corrected chi connectivity index (χ0v) is 11.0. The van der Waals surface area contributed by atoms with E-state index in [9.17, 15) is 0 Å². The van der Waals surface area contributed by atoms with Crippen LogP contribution in [0.4, 0.5) is 11.8 Å². The fourth-order valence-corrected chi connectivity index (χ4v) is 2.95. The van der Waals surface area contributed by atoms with E-state index in [-0.39, 0.29) is 0 Å². The lowest BCUT2D eigenvalue weighted by Gasteiger charge is -2.37. The molecular formula is C13H21N5. The van der Waals surface area contributed by atoms with E-state index in [2.05, 4.69) is 32.0 Å². The van der Waals surface area contributed by atoms with Crippen molar-refractivity contribution >= 4 is 11.8 Å². The molecule has 1 atom stereocenters. The first-order valence-corrected chi connectivity index (χ1v) is 6.92. The summed E-state index contributed by atoms with van der Waals surface area (Å²) in [5, 5.41) is 3.25. The van der Waals surface area contributed by atoms with E-state index in [4.69, 9.17) is 0 Å². The van der Waals surface area contributed by atoms with Gasteiger partial charge in [0.25, 0.3) is 0 Å². The first-order chi connectivity index (χ1) is 8.86. The first kappa shape index (κ1) is 11.7. The van der Waals surface area contributed by atoms with Gasteiger partial charge in [-0.2, -0.15) is 4.98 Å². The highest BCUT2D eigenvalue weighted by Gasteiger charge is 2.31. The Balaban J connectivity index is 1.72. The van der Waals surface area contributed by atoms with Crippen LogP contribution in [0.2, 0.25) is 0 Å². The topological polar surface area (TPSA) is 44.3 Å². The summed E-state index contributed by atoms with van der Waals surface area (Å²) in [6.45, 7) is 7.53.